The number of carboxylic acids is 1. The van der Waals surface area contributed by atoms with Gasteiger partial charge in [-0.05, 0) is 89.9 Å². The number of hydrogen-bond acceptors (Lipinski definition) is 7. The van der Waals surface area contributed by atoms with Crippen LogP contribution in [0.15, 0.2) is 97.2 Å². The Morgan fingerprint density at radius 1 is 0.469 bits per heavy atom. The standard InChI is InChI=1S/C56H93NO7/c1-6-8-10-12-14-16-18-20-22-24-26-28-30-32-34-36-38-40-42-44-46-54(58)63-51-52(50-62-49-48-53(56(60)61)57(3,4)5)64-55(59)47-45-43-41-39-37-35-33-31-29-27-25-23-21-19-17-15-13-11-9-7-2/h8-11,14-17,20-23,27,29,33,35,52-53H,6-7,12-13,18-19,24-26,28,30-32,34,36-51H2,1-5H3/b10-8+,11-9+,16-14+,17-15+,22-20+,23-21+,29-27+,35-33+. The number of quaternary nitrogens is 1. The molecule has 0 saturated carbocycles. The van der Waals surface area contributed by atoms with Crippen LogP contribution in [0.3, 0.4) is 0 Å². The van der Waals surface area contributed by atoms with Gasteiger partial charge in [0.25, 0.3) is 0 Å². The Morgan fingerprint density at radius 2 is 0.828 bits per heavy atom. The van der Waals surface area contributed by atoms with Crippen molar-refractivity contribution in [3.63, 3.8) is 0 Å². The molecule has 8 nitrogen and oxygen atoms in total. The summed E-state index contributed by atoms with van der Waals surface area (Å²) in [7, 11) is 5.40. The van der Waals surface area contributed by atoms with Gasteiger partial charge in [0.2, 0.25) is 0 Å². The molecule has 0 radical (unpaired) electrons. The number of likely N-dealkylation sites (N-methyl/N-ethyl adjacent to an activating group) is 1. The molecule has 0 saturated heterocycles. The number of allylic oxidation sites excluding steroid dienone is 16. The zero-order valence-electron chi connectivity index (χ0n) is 41.4. The predicted molar refractivity (Wildman–Crippen MR) is 268 cm³/mol. The average molecular weight is 892 g/mol. The van der Waals surface area contributed by atoms with Crippen LogP contribution in [0.2, 0.25) is 0 Å². The number of nitrogens with zero attached hydrogens (tertiary/aromatic N) is 1. The summed E-state index contributed by atoms with van der Waals surface area (Å²) in [4.78, 5) is 37.0. The summed E-state index contributed by atoms with van der Waals surface area (Å²) in [6.07, 6.45) is 61.5. The Balaban J connectivity index is 4.33. The first-order chi connectivity index (χ1) is 31.1. The third-order valence-corrected chi connectivity index (χ3v) is 10.7. The molecule has 0 aromatic rings. The highest BCUT2D eigenvalue weighted by Gasteiger charge is 2.25. The summed E-state index contributed by atoms with van der Waals surface area (Å²) in [6.45, 7) is 4.40. The molecule has 0 rings (SSSR count). The molecule has 0 fully saturated rings. The molecule has 0 bridgehead atoms. The van der Waals surface area contributed by atoms with E-state index < -0.39 is 18.1 Å². The number of rotatable bonds is 44. The number of esters is 2. The minimum Gasteiger partial charge on any atom is -0.544 e. The van der Waals surface area contributed by atoms with Crippen LogP contribution in [0, 0.1) is 0 Å². The zero-order valence-corrected chi connectivity index (χ0v) is 41.4. The minimum atomic E-state index is -1.13. The molecule has 64 heavy (non-hydrogen) atoms. The van der Waals surface area contributed by atoms with E-state index in [0.717, 1.165) is 103 Å². The second-order valence-corrected chi connectivity index (χ2v) is 17.6. The van der Waals surface area contributed by atoms with Crippen molar-refractivity contribution in [3.8, 4) is 0 Å². The lowest BCUT2D eigenvalue weighted by molar-refractivity contribution is -0.889. The van der Waals surface area contributed by atoms with Crippen LogP contribution in [0.4, 0.5) is 0 Å². The van der Waals surface area contributed by atoms with E-state index in [1.165, 1.54) is 51.4 Å². The van der Waals surface area contributed by atoms with E-state index in [2.05, 4.69) is 111 Å². The normalized spacial score (nSPS) is 13.7. The van der Waals surface area contributed by atoms with Gasteiger partial charge in [-0.3, -0.25) is 9.59 Å². The number of hydrogen-bond donors (Lipinski definition) is 0. The van der Waals surface area contributed by atoms with Crippen molar-refractivity contribution >= 4 is 17.9 Å². The highest BCUT2D eigenvalue weighted by Crippen LogP contribution is 2.14. The van der Waals surface area contributed by atoms with Gasteiger partial charge in [-0.25, -0.2) is 0 Å². The Bertz CT molecular complexity index is 1360. The average Bonchev–Trinajstić information content (AvgIpc) is 3.26. The molecule has 0 aromatic carbocycles. The van der Waals surface area contributed by atoms with Gasteiger partial charge >= 0.3 is 11.9 Å². The molecule has 0 spiro atoms. The van der Waals surface area contributed by atoms with Crippen LogP contribution >= 0.6 is 0 Å². The van der Waals surface area contributed by atoms with Crippen molar-refractivity contribution in [2.24, 2.45) is 0 Å². The summed E-state index contributed by atoms with van der Waals surface area (Å²) in [6, 6.07) is -0.737. The lowest BCUT2D eigenvalue weighted by Crippen LogP contribution is -2.55. The summed E-state index contributed by atoms with van der Waals surface area (Å²) >= 11 is 0. The maximum absolute atomic E-state index is 12.8. The number of carboxylic acid groups (broad SMARTS) is 1. The van der Waals surface area contributed by atoms with Crippen molar-refractivity contribution in [3.05, 3.63) is 97.2 Å². The fraction of sp³-hybridized carbons (Fsp3) is 0.661. The highest BCUT2D eigenvalue weighted by atomic mass is 16.6. The first kappa shape index (κ1) is 60.2. The molecule has 364 valence electrons. The van der Waals surface area contributed by atoms with Crippen LogP contribution < -0.4 is 5.11 Å². The monoisotopic (exact) mass is 892 g/mol. The number of ether oxygens (including phenoxy) is 3. The molecule has 0 aromatic heterocycles. The van der Waals surface area contributed by atoms with Crippen molar-refractivity contribution in [2.75, 3.05) is 41.0 Å². The van der Waals surface area contributed by atoms with E-state index in [4.69, 9.17) is 14.2 Å². The van der Waals surface area contributed by atoms with Crippen LogP contribution in [0.5, 0.6) is 0 Å². The summed E-state index contributed by atoms with van der Waals surface area (Å²) in [5, 5.41) is 11.7. The molecular formula is C56H93NO7. The van der Waals surface area contributed by atoms with Gasteiger partial charge in [0, 0.05) is 19.3 Å². The predicted octanol–water partition coefficient (Wildman–Crippen LogP) is 13.3. The maximum Gasteiger partial charge on any atom is 0.306 e. The van der Waals surface area contributed by atoms with Gasteiger partial charge < -0.3 is 28.6 Å². The Morgan fingerprint density at radius 3 is 1.22 bits per heavy atom. The van der Waals surface area contributed by atoms with E-state index >= 15 is 0 Å². The topological polar surface area (TPSA) is 102 Å². The van der Waals surface area contributed by atoms with Gasteiger partial charge in [-0.15, -0.1) is 0 Å². The SMILES string of the molecule is CC/C=C/C/C=C/C/C=C/C/C=C/C/C=C/CCCCCCC(=O)OC(COCCC(C(=O)[O-])[N+](C)(C)C)COC(=O)CCCCCCCCCCCC/C=C/C/C=C/C/C=C/CC. The second kappa shape index (κ2) is 45.8. The lowest BCUT2D eigenvalue weighted by Gasteiger charge is -2.34. The van der Waals surface area contributed by atoms with Crippen LogP contribution in [0.25, 0.3) is 0 Å². The molecule has 0 aliphatic heterocycles. The molecule has 0 N–H and O–H groups in total. The lowest BCUT2D eigenvalue weighted by atomic mass is 10.1. The van der Waals surface area contributed by atoms with E-state index in [0.29, 0.717) is 6.42 Å². The molecule has 0 aliphatic carbocycles. The van der Waals surface area contributed by atoms with Gasteiger partial charge in [-0.1, -0.05) is 175 Å². The van der Waals surface area contributed by atoms with Gasteiger partial charge in [0.1, 0.15) is 12.6 Å². The number of unbranched alkanes of at least 4 members (excludes halogenated alkanes) is 14. The molecular weight excluding hydrogens is 799 g/mol. The first-order valence-corrected chi connectivity index (χ1v) is 25.3. The maximum atomic E-state index is 12.8. The van der Waals surface area contributed by atoms with E-state index in [9.17, 15) is 19.5 Å². The van der Waals surface area contributed by atoms with Crippen molar-refractivity contribution in [2.45, 2.75) is 199 Å². The third kappa shape index (κ3) is 43.5. The summed E-state index contributed by atoms with van der Waals surface area (Å²) in [5.41, 5.74) is 0. The van der Waals surface area contributed by atoms with Crippen molar-refractivity contribution in [1.29, 1.82) is 0 Å². The fourth-order valence-electron chi connectivity index (χ4n) is 6.88. The molecule has 8 heteroatoms. The molecule has 2 atom stereocenters. The summed E-state index contributed by atoms with van der Waals surface area (Å²) < 4.78 is 17.2. The fourth-order valence-corrected chi connectivity index (χ4v) is 6.88. The van der Waals surface area contributed by atoms with E-state index in [1.807, 2.05) is 0 Å². The first-order valence-electron chi connectivity index (χ1n) is 25.3. The molecule has 0 aliphatic rings. The zero-order chi connectivity index (χ0) is 47.0. The van der Waals surface area contributed by atoms with E-state index in [-0.39, 0.29) is 49.1 Å². The Hall–Kier alpha value is -3.75. The highest BCUT2D eigenvalue weighted by molar-refractivity contribution is 5.70. The number of carbonyl (C=O) groups is 3. The van der Waals surface area contributed by atoms with Gasteiger partial charge in [0.15, 0.2) is 6.10 Å². The smallest absolute Gasteiger partial charge is 0.306 e. The largest absolute Gasteiger partial charge is 0.544 e. The molecule has 0 heterocycles. The van der Waals surface area contributed by atoms with Crippen LogP contribution in [-0.4, -0.2) is 75.5 Å². The molecule has 0 amide bonds. The van der Waals surface area contributed by atoms with Crippen LogP contribution in [-0.2, 0) is 28.6 Å². The Labute approximate surface area is 392 Å². The van der Waals surface area contributed by atoms with Gasteiger partial charge in [0.05, 0.1) is 40.3 Å². The second-order valence-electron chi connectivity index (χ2n) is 17.6. The number of carbonyl (C=O) groups excluding carboxylic acids is 3. The Kier molecular flexibility index (Phi) is 43.1. The van der Waals surface area contributed by atoms with E-state index in [1.54, 1.807) is 21.1 Å². The quantitative estimate of drug-likeness (QED) is 0.0260. The number of aliphatic carboxylic acids is 1. The van der Waals surface area contributed by atoms with Crippen molar-refractivity contribution in [1.82, 2.24) is 0 Å². The van der Waals surface area contributed by atoms with Crippen LogP contribution in [0.1, 0.15) is 187 Å². The summed E-state index contributed by atoms with van der Waals surface area (Å²) in [5.74, 6) is -1.78. The van der Waals surface area contributed by atoms with Crippen molar-refractivity contribution < 1.29 is 38.2 Å². The third-order valence-electron chi connectivity index (χ3n) is 10.7. The van der Waals surface area contributed by atoms with Gasteiger partial charge in [-0.2, -0.15) is 0 Å². The molecule has 2 unspecified atom stereocenters. The minimum absolute atomic E-state index is 0.0235.